The first-order valence-electron chi connectivity index (χ1n) is 15.5. The topological polar surface area (TPSA) is 130 Å². The number of anilines is 1. The first kappa shape index (κ1) is 39.9. The van der Waals surface area contributed by atoms with Crippen LogP contribution in [-0.2, 0) is 15.8 Å². The quantitative estimate of drug-likeness (QED) is 0.0511. The number of carboxylic acid groups (broad SMARTS) is 2. The van der Waals surface area contributed by atoms with E-state index in [4.69, 9.17) is 10.2 Å². The predicted molar refractivity (Wildman–Crippen MR) is 164 cm³/mol. The zero-order chi connectivity index (χ0) is 32.7. The van der Waals surface area contributed by atoms with Crippen molar-refractivity contribution in [1.29, 1.82) is 0 Å². The molecule has 246 valence electrons. The van der Waals surface area contributed by atoms with Crippen LogP contribution < -0.4 is 5.32 Å². The van der Waals surface area contributed by atoms with Crippen LogP contribution in [0.1, 0.15) is 129 Å². The van der Waals surface area contributed by atoms with Gasteiger partial charge in [-0.05, 0) is 50.2 Å². The molecule has 0 radical (unpaired) electrons. The van der Waals surface area contributed by atoms with Gasteiger partial charge >= 0.3 is 18.1 Å². The number of nitro benzene ring substituents is 1. The summed E-state index contributed by atoms with van der Waals surface area (Å²) in [5.74, 6) is -2.33. The molecule has 0 aromatic heterocycles. The number of hydrogen-bond acceptors (Lipinski definition) is 5. The summed E-state index contributed by atoms with van der Waals surface area (Å²) in [6.07, 6.45) is 19.5. The second-order valence-electron chi connectivity index (χ2n) is 11.1. The highest BCUT2D eigenvalue weighted by molar-refractivity contribution is 5.79. The van der Waals surface area contributed by atoms with Crippen LogP contribution in [0.3, 0.4) is 0 Å². The van der Waals surface area contributed by atoms with Gasteiger partial charge in [0.1, 0.15) is 11.7 Å². The van der Waals surface area contributed by atoms with Crippen molar-refractivity contribution in [3.63, 3.8) is 0 Å². The average Bonchev–Trinajstić information content (AvgIpc) is 2.92. The molecule has 0 amide bonds. The molecule has 0 spiro atoms. The number of carboxylic acids is 2. The molecule has 0 bridgehead atoms. The standard InChI is InChI=1S/C20H38O2.C12H13F3N2O4/c1-2-3-4-5-6-7-8-9-10-11-12-13-14-15-16-17-18-19-20(21)22;1-6(2)10(11(18)19)16-8-4-3-7(12(13,14)15)5-9(8)17(20)21/h12-13H,2-11,14-19H2,1H3,(H,21,22);3-6,10,16H,1-2H3,(H,18,19)/b13-12-;. The van der Waals surface area contributed by atoms with Crippen molar-refractivity contribution in [2.45, 2.75) is 136 Å². The van der Waals surface area contributed by atoms with Crippen LogP contribution in [0.5, 0.6) is 0 Å². The van der Waals surface area contributed by atoms with Gasteiger partial charge in [0.2, 0.25) is 0 Å². The highest BCUT2D eigenvalue weighted by Crippen LogP contribution is 2.35. The van der Waals surface area contributed by atoms with Gasteiger partial charge in [-0.2, -0.15) is 13.2 Å². The van der Waals surface area contributed by atoms with E-state index in [0.717, 1.165) is 31.7 Å². The maximum atomic E-state index is 12.5. The predicted octanol–water partition coefficient (Wildman–Crippen LogP) is 10.0. The molecule has 0 aliphatic heterocycles. The van der Waals surface area contributed by atoms with Gasteiger partial charge in [-0.3, -0.25) is 14.9 Å². The lowest BCUT2D eigenvalue weighted by Crippen LogP contribution is -2.34. The van der Waals surface area contributed by atoms with E-state index in [1.165, 1.54) is 70.6 Å². The molecule has 8 nitrogen and oxygen atoms in total. The van der Waals surface area contributed by atoms with E-state index in [-0.39, 0.29) is 5.69 Å². The molecule has 11 heteroatoms. The number of allylic oxidation sites excluding steroid dienone is 2. The Balaban J connectivity index is 0.000000821. The summed E-state index contributed by atoms with van der Waals surface area (Å²) >= 11 is 0. The summed E-state index contributed by atoms with van der Waals surface area (Å²) in [6.45, 7) is 5.41. The van der Waals surface area contributed by atoms with Crippen molar-refractivity contribution in [2.75, 3.05) is 5.32 Å². The second-order valence-corrected chi connectivity index (χ2v) is 11.1. The number of rotatable bonds is 22. The smallest absolute Gasteiger partial charge is 0.416 e. The Labute approximate surface area is 254 Å². The zero-order valence-electron chi connectivity index (χ0n) is 26.0. The largest absolute Gasteiger partial charge is 0.481 e. The number of nitro groups is 1. The number of carbonyl (C=O) groups is 2. The number of halogens is 3. The Morgan fingerprint density at radius 3 is 1.79 bits per heavy atom. The lowest BCUT2D eigenvalue weighted by molar-refractivity contribution is -0.384. The van der Waals surface area contributed by atoms with Crippen LogP contribution in [-0.4, -0.2) is 33.1 Å². The molecule has 0 saturated carbocycles. The molecule has 1 rings (SSSR count). The summed E-state index contributed by atoms with van der Waals surface area (Å²) in [5.41, 5.74) is -2.26. The lowest BCUT2D eigenvalue weighted by Gasteiger charge is -2.19. The maximum absolute atomic E-state index is 12.5. The molecule has 43 heavy (non-hydrogen) atoms. The molecule has 1 unspecified atom stereocenters. The Hall–Kier alpha value is -3.11. The minimum Gasteiger partial charge on any atom is -0.481 e. The van der Waals surface area contributed by atoms with Crippen molar-refractivity contribution in [1.82, 2.24) is 0 Å². The Kier molecular flexibility index (Phi) is 21.7. The van der Waals surface area contributed by atoms with E-state index < -0.39 is 46.2 Å². The third-order valence-corrected chi connectivity index (χ3v) is 6.92. The summed E-state index contributed by atoms with van der Waals surface area (Å²) in [5, 5.41) is 30.8. The first-order chi connectivity index (χ1) is 20.3. The van der Waals surface area contributed by atoms with Gasteiger partial charge in [-0.25, -0.2) is 4.79 Å². The fraction of sp³-hybridized carbons (Fsp3) is 0.688. The van der Waals surface area contributed by atoms with Crippen molar-refractivity contribution in [3.05, 3.63) is 46.0 Å². The van der Waals surface area contributed by atoms with Crippen molar-refractivity contribution < 1.29 is 37.9 Å². The number of hydrogen-bond donors (Lipinski definition) is 3. The van der Waals surface area contributed by atoms with Crippen molar-refractivity contribution >= 4 is 23.3 Å². The molecule has 0 aliphatic carbocycles. The highest BCUT2D eigenvalue weighted by atomic mass is 19.4. The van der Waals surface area contributed by atoms with Gasteiger partial charge in [0.15, 0.2) is 0 Å². The summed E-state index contributed by atoms with van der Waals surface area (Å²) < 4.78 is 37.6. The van der Waals surface area contributed by atoms with Crippen LogP contribution in [0.2, 0.25) is 0 Å². The van der Waals surface area contributed by atoms with Gasteiger partial charge in [0.05, 0.1) is 10.5 Å². The van der Waals surface area contributed by atoms with Gasteiger partial charge in [0, 0.05) is 12.5 Å². The second kappa shape index (κ2) is 23.4. The maximum Gasteiger partial charge on any atom is 0.416 e. The van der Waals surface area contributed by atoms with Gasteiger partial charge < -0.3 is 15.5 Å². The molecule has 0 fully saturated rings. The minimum atomic E-state index is -4.71. The van der Waals surface area contributed by atoms with Crippen LogP contribution in [0.25, 0.3) is 0 Å². The average molecular weight is 617 g/mol. The minimum absolute atomic E-state index is 0.269. The molecule has 3 N–H and O–H groups in total. The van der Waals surface area contributed by atoms with Gasteiger partial charge in [0.25, 0.3) is 5.69 Å². The number of aliphatic carboxylic acids is 2. The highest BCUT2D eigenvalue weighted by Gasteiger charge is 2.34. The van der Waals surface area contributed by atoms with Crippen LogP contribution in [0.15, 0.2) is 30.4 Å². The zero-order valence-corrected chi connectivity index (χ0v) is 26.0. The molecule has 0 heterocycles. The molecule has 1 aromatic carbocycles. The first-order valence-corrected chi connectivity index (χ1v) is 15.5. The van der Waals surface area contributed by atoms with Gasteiger partial charge in [-0.1, -0.05) is 97.1 Å². The number of unbranched alkanes of at least 4 members (excludes halogenated alkanes) is 13. The summed E-state index contributed by atoms with van der Waals surface area (Å²) in [6, 6.07) is 0.746. The van der Waals surface area contributed by atoms with E-state index in [9.17, 15) is 32.9 Å². The van der Waals surface area contributed by atoms with Gasteiger partial charge in [-0.15, -0.1) is 0 Å². The monoisotopic (exact) mass is 616 g/mol. The Morgan fingerprint density at radius 1 is 0.884 bits per heavy atom. The molecule has 1 aromatic rings. The number of alkyl halides is 3. The van der Waals surface area contributed by atoms with Crippen LogP contribution >= 0.6 is 0 Å². The molecule has 1 atom stereocenters. The van der Waals surface area contributed by atoms with E-state index in [0.29, 0.717) is 18.6 Å². The summed E-state index contributed by atoms with van der Waals surface area (Å²) in [4.78, 5) is 31.3. The normalized spacial score (nSPS) is 12.2. The fourth-order valence-electron chi connectivity index (χ4n) is 4.36. The lowest BCUT2D eigenvalue weighted by atomic mass is 10.0. The van der Waals surface area contributed by atoms with Crippen LogP contribution in [0, 0.1) is 16.0 Å². The third kappa shape index (κ3) is 20.4. The molecular weight excluding hydrogens is 565 g/mol. The SMILES string of the molecule is CC(C)C(Nc1ccc(C(F)(F)F)cc1[N+](=O)[O-])C(=O)O.CCCCCCCCCCC/C=C\CCCCCCC(=O)O. The molecular formula is C32H51F3N2O6. The Bertz CT molecular complexity index is 967. The van der Waals surface area contributed by atoms with Crippen molar-refractivity contribution in [2.24, 2.45) is 5.92 Å². The van der Waals surface area contributed by atoms with Crippen molar-refractivity contribution in [3.8, 4) is 0 Å². The summed E-state index contributed by atoms with van der Waals surface area (Å²) in [7, 11) is 0. The van der Waals surface area contributed by atoms with E-state index >= 15 is 0 Å². The number of nitrogens with zero attached hydrogens (tertiary/aromatic N) is 1. The number of benzene rings is 1. The molecule has 0 aliphatic rings. The van der Waals surface area contributed by atoms with E-state index in [1.54, 1.807) is 13.8 Å². The fourth-order valence-corrected chi connectivity index (χ4v) is 4.36. The third-order valence-electron chi connectivity index (χ3n) is 6.92. The molecule has 0 saturated heterocycles. The van der Waals surface area contributed by atoms with Crippen LogP contribution in [0.4, 0.5) is 24.5 Å². The number of nitrogens with one attached hydrogen (secondary N) is 1. The van der Waals surface area contributed by atoms with E-state index in [1.807, 2.05) is 0 Å². The van der Waals surface area contributed by atoms with E-state index in [2.05, 4.69) is 24.4 Å². The Morgan fingerprint density at radius 2 is 1.37 bits per heavy atom.